The van der Waals surface area contributed by atoms with E-state index >= 15 is 0 Å². The van der Waals surface area contributed by atoms with E-state index < -0.39 is 6.10 Å². The molecule has 1 rings (SSSR count). The second kappa shape index (κ2) is 9.22. The van der Waals surface area contributed by atoms with Crippen LogP contribution in [-0.2, 0) is 6.42 Å². The zero-order valence-corrected chi connectivity index (χ0v) is 11.7. The molecule has 0 radical (unpaired) electrons. The molecule has 0 aliphatic rings. The van der Waals surface area contributed by atoms with Gasteiger partial charge in [0.15, 0.2) is 0 Å². The molecule has 2 atom stereocenters. The number of hydrogen-bond donors (Lipinski definition) is 0. The van der Waals surface area contributed by atoms with Gasteiger partial charge in [0, 0.05) is 0 Å². The molecule has 1 aromatic rings. The van der Waals surface area contributed by atoms with Crippen molar-refractivity contribution in [2.45, 2.75) is 32.8 Å². The Balaban J connectivity index is 0.00000289. The van der Waals surface area contributed by atoms with E-state index in [0.717, 1.165) is 12.8 Å². The molecule has 2 heteroatoms. The molecule has 0 aromatic heterocycles. The third kappa shape index (κ3) is 6.26. The zero-order chi connectivity index (χ0) is 12.7. The molecule has 0 saturated heterocycles. The standard InChI is InChI=1S/C16H21O.Li/c1-13(2)16(17)14(3)9-7-8-12-15-10-5-4-6-11-15;/h4-7,9-11,14,16H,1,8,12H2,2-3H3;/q-1;+1/b9-7-;/t14-,16+;/m1./s1. The van der Waals surface area contributed by atoms with Crippen LogP contribution in [0, 0.1) is 5.92 Å². The van der Waals surface area contributed by atoms with E-state index in [1.807, 2.05) is 19.1 Å². The van der Waals surface area contributed by atoms with Gasteiger partial charge in [-0.1, -0.05) is 61.1 Å². The zero-order valence-electron chi connectivity index (χ0n) is 11.7. The molecule has 18 heavy (non-hydrogen) atoms. The molecular formula is C16H21LiO. The van der Waals surface area contributed by atoms with Crippen LogP contribution in [0.5, 0.6) is 0 Å². The maximum absolute atomic E-state index is 11.6. The van der Waals surface area contributed by atoms with Crippen molar-refractivity contribution in [3.8, 4) is 0 Å². The number of rotatable bonds is 6. The second-order valence-electron chi connectivity index (χ2n) is 4.58. The minimum atomic E-state index is -0.678. The summed E-state index contributed by atoms with van der Waals surface area (Å²) in [7, 11) is 0. The molecule has 0 aliphatic heterocycles. The first kappa shape index (κ1) is 17.3. The van der Waals surface area contributed by atoms with Gasteiger partial charge in [-0.25, -0.2) is 0 Å². The SMILES string of the molecule is C=C(C)[C@H]([O-])[C@H](C)/C=C\CCc1ccccc1.[Li+]. The molecule has 1 nitrogen and oxygen atoms in total. The molecule has 0 spiro atoms. The Bertz CT molecular complexity index is 370. The van der Waals surface area contributed by atoms with Crippen molar-refractivity contribution in [2.75, 3.05) is 0 Å². The first-order chi connectivity index (χ1) is 8.11. The minimum absolute atomic E-state index is 0. The smallest absolute Gasteiger partial charge is 0.848 e. The van der Waals surface area contributed by atoms with Crippen molar-refractivity contribution < 1.29 is 24.0 Å². The van der Waals surface area contributed by atoms with Gasteiger partial charge in [-0.2, -0.15) is 0 Å². The van der Waals surface area contributed by atoms with Crippen molar-refractivity contribution in [1.29, 1.82) is 0 Å². The molecule has 0 N–H and O–H groups in total. The van der Waals surface area contributed by atoms with Crippen LogP contribution >= 0.6 is 0 Å². The van der Waals surface area contributed by atoms with Crippen molar-refractivity contribution in [3.63, 3.8) is 0 Å². The van der Waals surface area contributed by atoms with Crippen LogP contribution in [-0.4, -0.2) is 6.10 Å². The molecule has 0 bridgehead atoms. The van der Waals surface area contributed by atoms with Gasteiger partial charge in [-0.15, -0.1) is 6.58 Å². The number of aryl methyl sites for hydroxylation is 1. The van der Waals surface area contributed by atoms with Crippen molar-refractivity contribution in [1.82, 2.24) is 0 Å². The van der Waals surface area contributed by atoms with Crippen molar-refractivity contribution in [3.05, 3.63) is 60.2 Å². The third-order valence-corrected chi connectivity index (χ3v) is 2.85. The van der Waals surface area contributed by atoms with Gasteiger partial charge in [-0.3, -0.25) is 0 Å². The van der Waals surface area contributed by atoms with Gasteiger partial charge in [-0.05, 0) is 31.2 Å². The summed E-state index contributed by atoms with van der Waals surface area (Å²) in [5, 5.41) is 11.6. The predicted molar refractivity (Wildman–Crippen MR) is 71.7 cm³/mol. The first-order valence-corrected chi connectivity index (χ1v) is 6.13. The number of allylic oxidation sites excluding steroid dienone is 1. The average Bonchev–Trinajstić information content (AvgIpc) is 2.34. The van der Waals surface area contributed by atoms with Gasteiger partial charge in [0.2, 0.25) is 0 Å². The number of hydrogen-bond acceptors (Lipinski definition) is 1. The number of benzene rings is 1. The summed E-state index contributed by atoms with van der Waals surface area (Å²) in [6.07, 6.45) is 5.45. The molecule has 0 saturated carbocycles. The van der Waals surface area contributed by atoms with Gasteiger partial charge in [0.05, 0.1) is 0 Å². The summed E-state index contributed by atoms with van der Waals surface area (Å²) in [4.78, 5) is 0. The van der Waals surface area contributed by atoms with Gasteiger partial charge < -0.3 is 5.11 Å². The Kier molecular flexibility index (Phi) is 8.84. The molecule has 0 heterocycles. The van der Waals surface area contributed by atoms with Crippen LogP contribution in [0.3, 0.4) is 0 Å². The van der Waals surface area contributed by atoms with Gasteiger partial charge >= 0.3 is 18.9 Å². The van der Waals surface area contributed by atoms with E-state index in [9.17, 15) is 5.11 Å². The van der Waals surface area contributed by atoms with E-state index in [4.69, 9.17) is 0 Å². The first-order valence-electron chi connectivity index (χ1n) is 6.13. The molecule has 92 valence electrons. The van der Waals surface area contributed by atoms with Crippen LogP contribution < -0.4 is 24.0 Å². The summed E-state index contributed by atoms with van der Waals surface area (Å²) in [5.41, 5.74) is 2.05. The molecule has 0 amide bonds. The second-order valence-corrected chi connectivity index (χ2v) is 4.58. The largest absolute Gasteiger partial charge is 1.00 e. The third-order valence-electron chi connectivity index (χ3n) is 2.85. The van der Waals surface area contributed by atoms with Crippen molar-refractivity contribution in [2.24, 2.45) is 5.92 Å². The fourth-order valence-electron chi connectivity index (χ4n) is 1.76. The maximum atomic E-state index is 11.6. The van der Waals surface area contributed by atoms with E-state index in [-0.39, 0.29) is 24.8 Å². The summed E-state index contributed by atoms with van der Waals surface area (Å²) >= 11 is 0. The minimum Gasteiger partial charge on any atom is -0.848 e. The monoisotopic (exact) mass is 236 g/mol. The summed E-state index contributed by atoms with van der Waals surface area (Å²) in [5.74, 6) is 0.0308. The summed E-state index contributed by atoms with van der Waals surface area (Å²) in [6, 6.07) is 10.4. The normalized spacial score (nSPS) is 13.9. The van der Waals surface area contributed by atoms with E-state index in [2.05, 4.69) is 36.9 Å². The summed E-state index contributed by atoms with van der Waals surface area (Å²) < 4.78 is 0. The van der Waals surface area contributed by atoms with Gasteiger partial charge in [0.25, 0.3) is 0 Å². The summed E-state index contributed by atoms with van der Waals surface area (Å²) in [6.45, 7) is 7.45. The van der Waals surface area contributed by atoms with E-state index in [1.54, 1.807) is 6.92 Å². The Labute approximate surface area is 123 Å². The molecule has 0 unspecified atom stereocenters. The van der Waals surface area contributed by atoms with Gasteiger partial charge in [0.1, 0.15) is 0 Å². The molecule has 1 aromatic carbocycles. The fourth-order valence-corrected chi connectivity index (χ4v) is 1.76. The topological polar surface area (TPSA) is 23.1 Å². The Morgan fingerprint density at radius 2 is 1.94 bits per heavy atom. The fraction of sp³-hybridized carbons (Fsp3) is 0.375. The van der Waals surface area contributed by atoms with Crippen LogP contribution in [0.25, 0.3) is 0 Å². The van der Waals surface area contributed by atoms with Crippen LogP contribution in [0.1, 0.15) is 25.8 Å². The predicted octanol–water partition coefficient (Wildman–Crippen LogP) is 0.121. The van der Waals surface area contributed by atoms with E-state index in [1.165, 1.54) is 5.56 Å². The Morgan fingerprint density at radius 3 is 2.50 bits per heavy atom. The van der Waals surface area contributed by atoms with Crippen LogP contribution in [0.15, 0.2) is 54.6 Å². The maximum Gasteiger partial charge on any atom is 1.00 e. The van der Waals surface area contributed by atoms with Crippen LogP contribution in [0.4, 0.5) is 0 Å². The molecule has 0 fully saturated rings. The quantitative estimate of drug-likeness (QED) is 0.508. The molecule has 0 aliphatic carbocycles. The van der Waals surface area contributed by atoms with E-state index in [0.29, 0.717) is 5.57 Å². The average molecular weight is 236 g/mol. The Morgan fingerprint density at radius 1 is 1.33 bits per heavy atom. The van der Waals surface area contributed by atoms with Crippen molar-refractivity contribution >= 4 is 0 Å². The van der Waals surface area contributed by atoms with Crippen LogP contribution in [0.2, 0.25) is 0 Å². The molecular weight excluding hydrogens is 215 g/mol. The Hall–Kier alpha value is -0.743.